The molecule has 1 N–H and O–H groups in total. The van der Waals surface area contributed by atoms with Crippen LogP contribution in [0.5, 0.6) is 0 Å². The van der Waals surface area contributed by atoms with Crippen molar-refractivity contribution in [2.24, 2.45) is 11.8 Å². The average molecular weight is 410 g/mol. The fourth-order valence-electron chi connectivity index (χ4n) is 3.90. The van der Waals surface area contributed by atoms with Crippen molar-refractivity contribution in [2.75, 3.05) is 5.32 Å². The third-order valence-corrected chi connectivity index (χ3v) is 6.60. The molecule has 29 heavy (non-hydrogen) atoms. The van der Waals surface area contributed by atoms with Crippen LogP contribution in [0.2, 0.25) is 0 Å². The molecular formula is C22H23N3O3S. The predicted octanol–water partition coefficient (Wildman–Crippen LogP) is 3.71. The summed E-state index contributed by atoms with van der Waals surface area (Å²) in [4.78, 5) is 43.7. The van der Waals surface area contributed by atoms with E-state index in [9.17, 15) is 14.4 Å². The van der Waals surface area contributed by atoms with Crippen LogP contribution in [0.15, 0.2) is 35.7 Å². The van der Waals surface area contributed by atoms with Crippen molar-refractivity contribution in [3.05, 3.63) is 46.9 Å². The van der Waals surface area contributed by atoms with E-state index < -0.39 is 11.9 Å². The lowest BCUT2D eigenvalue weighted by Gasteiger charge is -2.21. The van der Waals surface area contributed by atoms with E-state index in [2.05, 4.69) is 23.3 Å². The first kappa shape index (κ1) is 19.5. The van der Waals surface area contributed by atoms with Crippen molar-refractivity contribution in [3.63, 3.8) is 0 Å². The van der Waals surface area contributed by atoms with Gasteiger partial charge in [-0.25, -0.2) is 4.98 Å². The lowest BCUT2D eigenvalue weighted by molar-refractivity contribution is -0.146. The van der Waals surface area contributed by atoms with Crippen molar-refractivity contribution >= 4 is 34.2 Å². The minimum atomic E-state index is -0.866. The van der Waals surface area contributed by atoms with Crippen molar-refractivity contribution in [1.82, 2.24) is 9.88 Å². The lowest BCUT2D eigenvalue weighted by atomic mass is 9.85. The number of carbonyl (C=O) groups is 3. The highest BCUT2D eigenvalue weighted by Crippen LogP contribution is 2.36. The molecule has 3 amide bonds. The van der Waals surface area contributed by atoms with Crippen LogP contribution in [0, 0.1) is 25.7 Å². The first-order valence-electron chi connectivity index (χ1n) is 9.72. The van der Waals surface area contributed by atoms with Crippen LogP contribution in [-0.2, 0) is 14.4 Å². The number of anilines is 1. The molecule has 2 heterocycles. The van der Waals surface area contributed by atoms with Crippen LogP contribution in [-0.4, -0.2) is 33.6 Å². The molecule has 1 aliphatic carbocycles. The van der Waals surface area contributed by atoms with Crippen molar-refractivity contribution in [2.45, 2.75) is 39.7 Å². The second kappa shape index (κ2) is 7.55. The molecule has 1 saturated heterocycles. The van der Waals surface area contributed by atoms with E-state index in [0.29, 0.717) is 18.0 Å². The number of carbonyl (C=O) groups excluding carboxylic acids is 3. The summed E-state index contributed by atoms with van der Waals surface area (Å²) in [5.41, 5.74) is 4.16. The molecule has 6 nitrogen and oxygen atoms in total. The van der Waals surface area contributed by atoms with E-state index in [1.54, 1.807) is 6.92 Å². The Balaban J connectivity index is 1.47. The summed E-state index contributed by atoms with van der Waals surface area (Å²) in [5, 5.41) is 5.10. The van der Waals surface area contributed by atoms with Gasteiger partial charge in [-0.3, -0.25) is 19.3 Å². The molecule has 7 heteroatoms. The van der Waals surface area contributed by atoms with Gasteiger partial charge in [0, 0.05) is 10.9 Å². The maximum atomic E-state index is 12.7. The van der Waals surface area contributed by atoms with Crippen LogP contribution in [0.1, 0.15) is 30.9 Å². The second-order valence-electron chi connectivity index (χ2n) is 7.70. The number of nitrogens with one attached hydrogen (secondary N) is 1. The molecular weight excluding hydrogens is 386 g/mol. The molecule has 2 unspecified atom stereocenters. The van der Waals surface area contributed by atoms with E-state index in [1.807, 2.05) is 36.6 Å². The smallest absolute Gasteiger partial charge is 0.249 e. The van der Waals surface area contributed by atoms with E-state index in [4.69, 9.17) is 0 Å². The van der Waals surface area contributed by atoms with E-state index >= 15 is 0 Å². The number of fused-ring (bicyclic) bond motifs is 1. The Labute approximate surface area is 173 Å². The maximum Gasteiger partial charge on any atom is 0.249 e. The van der Waals surface area contributed by atoms with Crippen LogP contribution in [0.3, 0.4) is 0 Å². The second-order valence-corrected chi connectivity index (χ2v) is 8.56. The third kappa shape index (κ3) is 3.51. The molecule has 2 aromatic rings. The summed E-state index contributed by atoms with van der Waals surface area (Å²) in [6.45, 7) is 5.70. The Morgan fingerprint density at radius 2 is 1.79 bits per heavy atom. The Hall–Kier alpha value is -2.80. The van der Waals surface area contributed by atoms with Gasteiger partial charge in [0.15, 0.2) is 5.13 Å². The van der Waals surface area contributed by atoms with Gasteiger partial charge in [0.25, 0.3) is 0 Å². The average Bonchev–Trinajstić information content (AvgIpc) is 3.27. The van der Waals surface area contributed by atoms with Gasteiger partial charge < -0.3 is 5.32 Å². The number of hydrogen-bond donors (Lipinski definition) is 1. The summed E-state index contributed by atoms with van der Waals surface area (Å²) in [6, 6.07) is 5.25. The van der Waals surface area contributed by atoms with Gasteiger partial charge in [0.1, 0.15) is 6.04 Å². The number of aryl methyl sites for hydroxylation is 2. The Kier molecular flexibility index (Phi) is 5.08. The Bertz CT molecular complexity index is 1000. The summed E-state index contributed by atoms with van der Waals surface area (Å²) in [6.07, 6.45) is 4.99. The van der Waals surface area contributed by atoms with E-state index in [1.165, 1.54) is 22.5 Å². The van der Waals surface area contributed by atoms with Gasteiger partial charge in [0.05, 0.1) is 17.5 Å². The van der Waals surface area contributed by atoms with Gasteiger partial charge >= 0.3 is 0 Å². The van der Waals surface area contributed by atoms with Crippen LogP contribution in [0.25, 0.3) is 11.3 Å². The number of aromatic nitrogens is 1. The summed E-state index contributed by atoms with van der Waals surface area (Å²) in [5.74, 6) is -1.57. The molecule has 0 saturated carbocycles. The number of nitrogens with zero attached hydrogens (tertiary/aromatic N) is 2. The zero-order chi connectivity index (χ0) is 20.7. The van der Waals surface area contributed by atoms with Crippen LogP contribution < -0.4 is 5.32 Å². The monoisotopic (exact) mass is 409 g/mol. The summed E-state index contributed by atoms with van der Waals surface area (Å²) in [7, 11) is 0. The molecule has 0 radical (unpaired) electrons. The molecule has 1 aliphatic heterocycles. The van der Waals surface area contributed by atoms with E-state index in [-0.39, 0.29) is 23.7 Å². The topological polar surface area (TPSA) is 79.4 Å². The number of amides is 3. The molecule has 1 aromatic heterocycles. The highest BCUT2D eigenvalue weighted by Gasteiger charge is 2.50. The fourth-order valence-corrected chi connectivity index (χ4v) is 4.62. The molecule has 1 fully saturated rings. The number of benzene rings is 1. The van der Waals surface area contributed by atoms with Crippen LogP contribution in [0.4, 0.5) is 5.13 Å². The van der Waals surface area contributed by atoms with Gasteiger partial charge in [-0.15, -0.1) is 11.3 Å². The number of thiazole rings is 1. The lowest BCUT2D eigenvalue weighted by Crippen LogP contribution is -2.46. The quantitative estimate of drug-likeness (QED) is 0.617. The Morgan fingerprint density at radius 1 is 1.14 bits per heavy atom. The van der Waals surface area contributed by atoms with Gasteiger partial charge in [-0.05, 0) is 50.8 Å². The molecule has 2 aliphatic rings. The van der Waals surface area contributed by atoms with Gasteiger partial charge in [-0.1, -0.05) is 24.3 Å². The number of hydrogen-bond acceptors (Lipinski definition) is 5. The first-order valence-corrected chi connectivity index (χ1v) is 10.6. The summed E-state index contributed by atoms with van der Waals surface area (Å²) >= 11 is 1.32. The SMILES string of the molecule is Cc1ccc(-c2csc(NC(=O)[C@H](C)N3C(=O)C4CC=CCC4C3=O)n2)cc1C. The predicted molar refractivity (Wildman–Crippen MR) is 112 cm³/mol. The van der Waals surface area contributed by atoms with Crippen molar-refractivity contribution in [3.8, 4) is 11.3 Å². The zero-order valence-corrected chi connectivity index (χ0v) is 17.5. The van der Waals surface area contributed by atoms with Crippen molar-refractivity contribution in [1.29, 1.82) is 0 Å². The standard InChI is InChI=1S/C22H23N3O3S/c1-12-8-9-15(10-13(12)2)18-11-29-22(23-18)24-19(26)14(3)25-20(27)16-6-4-5-7-17(16)21(25)28/h4-5,8-11,14,16-17H,6-7H2,1-3H3,(H,23,24,26)/t14-,16?,17?/m0/s1. The maximum absolute atomic E-state index is 12.7. The minimum Gasteiger partial charge on any atom is -0.300 e. The first-order chi connectivity index (χ1) is 13.9. The number of imide groups is 1. The molecule has 0 spiro atoms. The molecule has 4 rings (SSSR count). The number of rotatable bonds is 4. The van der Waals surface area contributed by atoms with Crippen LogP contribution >= 0.6 is 11.3 Å². The highest BCUT2D eigenvalue weighted by atomic mass is 32.1. The fraction of sp³-hybridized carbons (Fsp3) is 0.364. The third-order valence-electron chi connectivity index (χ3n) is 5.85. The van der Waals surface area contributed by atoms with E-state index in [0.717, 1.165) is 16.2 Å². The zero-order valence-electron chi connectivity index (χ0n) is 16.6. The van der Waals surface area contributed by atoms with Gasteiger partial charge in [0.2, 0.25) is 17.7 Å². The minimum absolute atomic E-state index is 0.248. The molecule has 150 valence electrons. The molecule has 3 atom stereocenters. The normalized spacial score (nSPS) is 22.0. The van der Waals surface area contributed by atoms with Gasteiger partial charge in [-0.2, -0.15) is 0 Å². The highest BCUT2D eigenvalue weighted by molar-refractivity contribution is 7.14. The number of likely N-dealkylation sites (tertiary alicyclic amines) is 1. The molecule has 0 bridgehead atoms. The Morgan fingerprint density at radius 3 is 2.41 bits per heavy atom. The van der Waals surface area contributed by atoms with Crippen molar-refractivity contribution < 1.29 is 14.4 Å². The molecule has 1 aromatic carbocycles. The largest absolute Gasteiger partial charge is 0.300 e. The number of allylic oxidation sites excluding steroid dienone is 2. The summed E-state index contributed by atoms with van der Waals surface area (Å²) < 4.78 is 0.